The molecule has 0 aliphatic carbocycles. The van der Waals surface area contributed by atoms with E-state index >= 15 is 0 Å². The zero-order valence-electron chi connectivity index (χ0n) is 13.2. The summed E-state index contributed by atoms with van der Waals surface area (Å²) in [4.78, 5) is 11.1. The van der Waals surface area contributed by atoms with Gasteiger partial charge in [0, 0.05) is 28.5 Å². The zero-order valence-corrected chi connectivity index (χ0v) is 14.8. The molecule has 0 saturated carbocycles. The van der Waals surface area contributed by atoms with Gasteiger partial charge >= 0.3 is 0 Å². The Morgan fingerprint density at radius 3 is 2.73 bits per heavy atom. The first kappa shape index (κ1) is 16.7. The van der Waals surface area contributed by atoms with Crippen molar-refractivity contribution in [2.45, 2.75) is 13.3 Å². The van der Waals surface area contributed by atoms with Crippen molar-refractivity contribution in [3.05, 3.63) is 40.5 Å². The summed E-state index contributed by atoms with van der Waals surface area (Å²) >= 11 is 3.47. The Hall–Kier alpha value is -1.66. The number of benzene rings is 1. The first-order valence-corrected chi connectivity index (χ1v) is 8.09. The molecule has 0 fully saturated rings. The number of hydrogen-bond acceptors (Lipinski definition) is 5. The van der Waals surface area contributed by atoms with Crippen molar-refractivity contribution < 1.29 is 0 Å². The molecular weight excluding hydrogens is 342 g/mol. The Kier molecular flexibility index (Phi) is 6.15. The van der Waals surface area contributed by atoms with Gasteiger partial charge in [0.05, 0.1) is 0 Å². The molecule has 6 heteroatoms. The predicted molar refractivity (Wildman–Crippen MR) is 95.9 cm³/mol. The van der Waals surface area contributed by atoms with Gasteiger partial charge in [0.2, 0.25) is 5.95 Å². The minimum Gasteiger partial charge on any atom is -0.354 e. The van der Waals surface area contributed by atoms with E-state index in [9.17, 15) is 0 Å². The van der Waals surface area contributed by atoms with Gasteiger partial charge in [-0.3, -0.25) is 0 Å². The minimum atomic E-state index is 0.663. The van der Waals surface area contributed by atoms with Crippen LogP contribution in [0.5, 0.6) is 0 Å². The summed E-state index contributed by atoms with van der Waals surface area (Å²) in [7, 11) is 4.15. The lowest BCUT2D eigenvalue weighted by molar-refractivity contribution is 0.405. The lowest BCUT2D eigenvalue weighted by Gasteiger charge is -2.12. The first-order chi connectivity index (χ1) is 10.5. The van der Waals surface area contributed by atoms with E-state index in [2.05, 4.69) is 55.5 Å². The van der Waals surface area contributed by atoms with Crippen LogP contribution >= 0.6 is 15.9 Å². The van der Waals surface area contributed by atoms with E-state index in [1.54, 1.807) is 0 Å². The second kappa shape index (κ2) is 8.10. The molecule has 0 saturated heterocycles. The fourth-order valence-electron chi connectivity index (χ4n) is 2.02. The van der Waals surface area contributed by atoms with Crippen LogP contribution in [0, 0.1) is 6.92 Å². The summed E-state index contributed by atoms with van der Waals surface area (Å²) in [6.45, 7) is 3.87. The van der Waals surface area contributed by atoms with Gasteiger partial charge in [-0.15, -0.1) is 0 Å². The summed E-state index contributed by atoms with van der Waals surface area (Å²) < 4.78 is 1.03. The molecule has 0 bridgehead atoms. The highest BCUT2D eigenvalue weighted by molar-refractivity contribution is 9.10. The van der Waals surface area contributed by atoms with E-state index in [-0.39, 0.29) is 0 Å². The number of nitrogens with zero attached hydrogens (tertiary/aromatic N) is 3. The van der Waals surface area contributed by atoms with Crippen molar-refractivity contribution in [1.29, 1.82) is 0 Å². The van der Waals surface area contributed by atoms with Crippen molar-refractivity contribution >= 4 is 33.4 Å². The highest BCUT2D eigenvalue weighted by Gasteiger charge is 2.03. The Bertz CT molecular complexity index is 615. The molecule has 2 aromatic rings. The normalized spacial score (nSPS) is 10.8. The highest BCUT2D eigenvalue weighted by Crippen LogP contribution is 2.20. The van der Waals surface area contributed by atoms with E-state index in [0.29, 0.717) is 5.95 Å². The molecule has 5 nitrogen and oxygen atoms in total. The smallest absolute Gasteiger partial charge is 0.224 e. The number of aryl methyl sites for hydroxylation is 1. The second-order valence-electron chi connectivity index (χ2n) is 5.44. The largest absolute Gasteiger partial charge is 0.354 e. The van der Waals surface area contributed by atoms with Crippen molar-refractivity contribution in [1.82, 2.24) is 14.9 Å². The predicted octanol–water partition coefficient (Wildman–Crippen LogP) is 3.65. The SMILES string of the molecule is Cc1cc(Nc2cccc(Br)c2)nc(NCCCN(C)C)n1. The quantitative estimate of drug-likeness (QED) is 0.735. The monoisotopic (exact) mass is 363 g/mol. The molecule has 2 rings (SSSR count). The second-order valence-corrected chi connectivity index (χ2v) is 6.35. The number of aromatic nitrogens is 2. The van der Waals surface area contributed by atoms with Gasteiger partial charge in [-0.1, -0.05) is 22.0 Å². The molecule has 2 N–H and O–H groups in total. The molecule has 0 radical (unpaired) electrons. The van der Waals surface area contributed by atoms with Crippen LogP contribution in [0.3, 0.4) is 0 Å². The maximum atomic E-state index is 4.51. The molecule has 0 atom stereocenters. The van der Waals surface area contributed by atoms with Gasteiger partial charge in [-0.2, -0.15) is 4.98 Å². The topological polar surface area (TPSA) is 53.1 Å². The molecule has 0 spiro atoms. The molecule has 0 aliphatic rings. The number of hydrogen-bond donors (Lipinski definition) is 2. The van der Waals surface area contributed by atoms with Crippen LogP contribution in [-0.4, -0.2) is 42.1 Å². The van der Waals surface area contributed by atoms with E-state index < -0.39 is 0 Å². The lowest BCUT2D eigenvalue weighted by atomic mass is 10.3. The molecule has 1 heterocycles. The number of nitrogens with one attached hydrogen (secondary N) is 2. The molecule has 0 amide bonds. The van der Waals surface area contributed by atoms with Crippen LogP contribution < -0.4 is 10.6 Å². The van der Waals surface area contributed by atoms with E-state index in [1.807, 2.05) is 37.3 Å². The third-order valence-corrected chi connectivity index (χ3v) is 3.51. The maximum absolute atomic E-state index is 4.51. The van der Waals surface area contributed by atoms with Gasteiger partial charge in [0.25, 0.3) is 0 Å². The fourth-order valence-corrected chi connectivity index (χ4v) is 2.42. The van der Waals surface area contributed by atoms with Crippen molar-refractivity contribution in [3.63, 3.8) is 0 Å². The molecule has 118 valence electrons. The Morgan fingerprint density at radius 2 is 2.00 bits per heavy atom. The Morgan fingerprint density at radius 1 is 1.18 bits per heavy atom. The molecular formula is C16H22BrN5. The zero-order chi connectivity index (χ0) is 15.9. The number of rotatable bonds is 7. The molecule has 0 unspecified atom stereocenters. The van der Waals surface area contributed by atoms with Crippen molar-refractivity contribution in [2.24, 2.45) is 0 Å². The third kappa shape index (κ3) is 5.61. The Balaban J connectivity index is 2.00. The molecule has 1 aromatic carbocycles. The third-order valence-electron chi connectivity index (χ3n) is 3.02. The van der Waals surface area contributed by atoms with Crippen LogP contribution in [0.1, 0.15) is 12.1 Å². The van der Waals surface area contributed by atoms with Crippen LogP contribution in [0.25, 0.3) is 0 Å². The van der Waals surface area contributed by atoms with Crippen LogP contribution in [0.15, 0.2) is 34.8 Å². The summed E-state index contributed by atoms with van der Waals surface area (Å²) in [6.07, 6.45) is 1.05. The standard InChI is InChI=1S/C16H22BrN5/c1-12-10-15(20-14-7-4-6-13(17)11-14)21-16(19-12)18-8-5-9-22(2)3/h4,6-7,10-11H,5,8-9H2,1-3H3,(H2,18,19,20,21). The van der Waals surface area contributed by atoms with Crippen molar-refractivity contribution in [3.8, 4) is 0 Å². The molecule has 1 aromatic heterocycles. The number of halogens is 1. The Labute approximate surface area is 140 Å². The molecule has 22 heavy (non-hydrogen) atoms. The fraction of sp³-hybridized carbons (Fsp3) is 0.375. The van der Waals surface area contributed by atoms with E-state index in [1.165, 1.54) is 0 Å². The van der Waals surface area contributed by atoms with Crippen molar-refractivity contribution in [2.75, 3.05) is 37.8 Å². The van der Waals surface area contributed by atoms with Crippen LogP contribution in [0.2, 0.25) is 0 Å². The average molecular weight is 364 g/mol. The van der Waals surface area contributed by atoms with Gasteiger partial charge in [0.1, 0.15) is 5.82 Å². The maximum Gasteiger partial charge on any atom is 0.224 e. The van der Waals surface area contributed by atoms with Gasteiger partial charge in [-0.25, -0.2) is 4.98 Å². The lowest BCUT2D eigenvalue weighted by Crippen LogP contribution is -2.17. The minimum absolute atomic E-state index is 0.663. The van der Waals surface area contributed by atoms with Crippen LogP contribution in [0.4, 0.5) is 17.5 Å². The highest BCUT2D eigenvalue weighted by atomic mass is 79.9. The van der Waals surface area contributed by atoms with Gasteiger partial charge < -0.3 is 15.5 Å². The summed E-state index contributed by atoms with van der Waals surface area (Å²) in [5, 5.41) is 6.59. The summed E-state index contributed by atoms with van der Waals surface area (Å²) in [6, 6.07) is 9.94. The summed E-state index contributed by atoms with van der Waals surface area (Å²) in [5.74, 6) is 1.46. The summed E-state index contributed by atoms with van der Waals surface area (Å²) in [5.41, 5.74) is 1.92. The number of anilines is 3. The van der Waals surface area contributed by atoms with Gasteiger partial charge in [-0.05, 0) is 52.2 Å². The first-order valence-electron chi connectivity index (χ1n) is 7.30. The molecule has 0 aliphatic heterocycles. The van der Waals surface area contributed by atoms with E-state index in [4.69, 9.17) is 0 Å². The van der Waals surface area contributed by atoms with Gasteiger partial charge in [0.15, 0.2) is 0 Å². The average Bonchev–Trinajstić information content (AvgIpc) is 2.43. The van der Waals surface area contributed by atoms with Crippen LogP contribution in [-0.2, 0) is 0 Å². The van der Waals surface area contributed by atoms with E-state index in [0.717, 1.165) is 41.2 Å².